The Balaban J connectivity index is 1.77. The van der Waals surface area contributed by atoms with Gasteiger partial charge in [-0.2, -0.15) is 0 Å². The Kier molecular flexibility index (Phi) is 4.66. The molecule has 2 heterocycles. The number of amides is 1. The van der Waals surface area contributed by atoms with Crippen LogP contribution < -0.4 is 0 Å². The first-order valence-corrected chi connectivity index (χ1v) is 8.66. The summed E-state index contributed by atoms with van der Waals surface area (Å²) in [6, 6.07) is 4.97. The Bertz CT molecular complexity index is 721. The molecule has 1 atom stereocenters. The summed E-state index contributed by atoms with van der Waals surface area (Å²) in [6.07, 6.45) is -0.356. The van der Waals surface area contributed by atoms with Crippen molar-refractivity contribution in [3.8, 4) is 0 Å². The summed E-state index contributed by atoms with van der Waals surface area (Å²) < 4.78 is 14.8. The van der Waals surface area contributed by atoms with E-state index in [9.17, 15) is 14.3 Å². The SMILES string of the molecule is Cc1c(C(=O)N2CCN(C[C@H](C)O)CC2)sc2cccc(F)c12. The van der Waals surface area contributed by atoms with Gasteiger partial charge in [-0.1, -0.05) is 6.07 Å². The number of thiophene rings is 1. The third-order valence-electron chi connectivity index (χ3n) is 4.28. The van der Waals surface area contributed by atoms with Crippen LogP contribution in [0.1, 0.15) is 22.2 Å². The predicted octanol–water partition coefficient (Wildman–Crippen LogP) is 2.49. The minimum Gasteiger partial charge on any atom is -0.392 e. The molecule has 0 aliphatic carbocycles. The summed E-state index contributed by atoms with van der Waals surface area (Å²) in [7, 11) is 0. The number of piperazine rings is 1. The van der Waals surface area contributed by atoms with E-state index in [1.165, 1.54) is 17.4 Å². The van der Waals surface area contributed by atoms with Crippen LogP contribution in [-0.2, 0) is 0 Å². The van der Waals surface area contributed by atoms with Crippen LogP contribution >= 0.6 is 11.3 Å². The molecule has 3 rings (SSSR count). The van der Waals surface area contributed by atoms with Crippen molar-refractivity contribution < 1.29 is 14.3 Å². The van der Waals surface area contributed by atoms with Crippen molar-refractivity contribution in [1.82, 2.24) is 9.80 Å². The first-order valence-electron chi connectivity index (χ1n) is 7.84. The summed E-state index contributed by atoms with van der Waals surface area (Å²) >= 11 is 1.37. The Hall–Kier alpha value is -1.50. The van der Waals surface area contributed by atoms with Gasteiger partial charge in [0.2, 0.25) is 0 Å². The molecule has 1 fully saturated rings. The fourth-order valence-corrected chi connectivity index (χ4v) is 4.30. The maximum Gasteiger partial charge on any atom is 0.264 e. The Labute approximate surface area is 139 Å². The van der Waals surface area contributed by atoms with Crippen LogP contribution in [0, 0.1) is 12.7 Å². The second-order valence-electron chi connectivity index (χ2n) is 6.11. The van der Waals surface area contributed by atoms with E-state index in [0.717, 1.165) is 23.4 Å². The average molecular weight is 336 g/mol. The van der Waals surface area contributed by atoms with Gasteiger partial charge < -0.3 is 10.0 Å². The molecular weight excluding hydrogens is 315 g/mol. The molecule has 1 saturated heterocycles. The zero-order valence-corrected chi connectivity index (χ0v) is 14.2. The van der Waals surface area contributed by atoms with Crippen molar-refractivity contribution in [1.29, 1.82) is 0 Å². The lowest BCUT2D eigenvalue weighted by Gasteiger charge is -2.35. The van der Waals surface area contributed by atoms with E-state index in [4.69, 9.17) is 0 Å². The standard InChI is InChI=1S/C17H21FN2O2S/c1-11(21)10-19-6-8-20(9-7-19)17(22)16-12(2)15-13(18)4-3-5-14(15)23-16/h3-5,11,21H,6-10H2,1-2H3/t11-/m0/s1. The zero-order valence-electron chi connectivity index (χ0n) is 13.4. The molecule has 1 aliphatic heterocycles. The third kappa shape index (κ3) is 3.24. The number of halogens is 1. The minimum absolute atomic E-state index is 0.0141. The monoisotopic (exact) mass is 336 g/mol. The van der Waals surface area contributed by atoms with Gasteiger partial charge in [-0.3, -0.25) is 9.69 Å². The number of hydrogen-bond donors (Lipinski definition) is 1. The number of aryl methyl sites for hydroxylation is 1. The number of β-amino-alcohol motifs (C(OH)–C–C–N with tert-alkyl or cyclic N) is 1. The van der Waals surface area contributed by atoms with Crippen LogP contribution in [0.2, 0.25) is 0 Å². The van der Waals surface area contributed by atoms with Crippen molar-refractivity contribution in [3.63, 3.8) is 0 Å². The lowest BCUT2D eigenvalue weighted by atomic mass is 10.1. The molecule has 0 radical (unpaired) electrons. The topological polar surface area (TPSA) is 43.8 Å². The Morgan fingerprint density at radius 1 is 1.35 bits per heavy atom. The van der Waals surface area contributed by atoms with E-state index < -0.39 is 0 Å². The summed E-state index contributed by atoms with van der Waals surface area (Å²) in [6.45, 7) is 7.02. The maximum absolute atomic E-state index is 14.0. The van der Waals surface area contributed by atoms with E-state index >= 15 is 0 Å². The van der Waals surface area contributed by atoms with Gasteiger partial charge in [-0.15, -0.1) is 11.3 Å². The van der Waals surface area contributed by atoms with Crippen LogP contribution in [0.15, 0.2) is 18.2 Å². The highest BCUT2D eigenvalue weighted by atomic mass is 32.1. The highest BCUT2D eigenvalue weighted by Gasteiger charge is 2.26. The van der Waals surface area contributed by atoms with Crippen LogP contribution in [0.5, 0.6) is 0 Å². The van der Waals surface area contributed by atoms with Crippen molar-refractivity contribution in [2.75, 3.05) is 32.7 Å². The molecule has 0 unspecified atom stereocenters. The molecule has 6 heteroatoms. The summed E-state index contributed by atoms with van der Waals surface area (Å²) in [5.41, 5.74) is 0.736. The number of nitrogens with zero attached hydrogens (tertiary/aromatic N) is 2. The van der Waals surface area contributed by atoms with Crippen LogP contribution in [-0.4, -0.2) is 59.6 Å². The van der Waals surface area contributed by atoms with Crippen molar-refractivity contribution in [3.05, 3.63) is 34.5 Å². The van der Waals surface area contributed by atoms with Crippen LogP contribution in [0.4, 0.5) is 4.39 Å². The number of carbonyl (C=O) groups excluding carboxylic acids is 1. The highest BCUT2D eigenvalue weighted by Crippen LogP contribution is 2.33. The van der Waals surface area contributed by atoms with Gasteiger partial charge in [0.05, 0.1) is 11.0 Å². The summed E-state index contributed by atoms with van der Waals surface area (Å²) in [5, 5.41) is 10.0. The maximum atomic E-state index is 14.0. The van der Waals surface area contributed by atoms with Gasteiger partial charge >= 0.3 is 0 Å². The van der Waals surface area contributed by atoms with Gasteiger partial charge in [-0.25, -0.2) is 4.39 Å². The van der Waals surface area contributed by atoms with E-state index in [0.29, 0.717) is 29.9 Å². The first kappa shape index (κ1) is 16.4. The molecule has 1 amide bonds. The molecule has 1 N–H and O–H groups in total. The second kappa shape index (κ2) is 6.55. The zero-order chi connectivity index (χ0) is 16.6. The van der Waals surface area contributed by atoms with E-state index in [1.807, 2.05) is 17.9 Å². The van der Waals surface area contributed by atoms with Crippen LogP contribution in [0.3, 0.4) is 0 Å². The van der Waals surface area contributed by atoms with E-state index in [2.05, 4.69) is 4.90 Å². The normalized spacial score (nSPS) is 17.7. The summed E-state index contributed by atoms with van der Waals surface area (Å²) in [4.78, 5) is 17.4. The molecular formula is C17H21FN2O2S. The molecule has 1 aromatic heterocycles. The van der Waals surface area contributed by atoms with E-state index in [1.54, 1.807) is 13.0 Å². The minimum atomic E-state index is -0.356. The van der Waals surface area contributed by atoms with Crippen molar-refractivity contribution in [2.45, 2.75) is 20.0 Å². The van der Waals surface area contributed by atoms with Crippen LogP contribution in [0.25, 0.3) is 10.1 Å². The fourth-order valence-electron chi connectivity index (χ4n) is 3.11. The molecule has 124 valence electrons. The van der Waals surface area contributed by atoms with Crippen molar-refractivity contribution in [2.24, 2.45) is 0 Å². The Morgan fingerprint density at radius 3 is 2.65 bits per heavy atom. The molecule has 0 saturated carbocycles. The van der Waals surface area contributed by atoms with Gasteiger partial charge in [0.1, 0.15) is 5.82 Å². The molecule has 23 heavy (non-hydrogen) atoms. The molecule has 4 nitrogen and oxygen atoms in total. The number of fused-ring (bicyclic) bond motifs is 1. The number of aliphatic hydroxyl groups excluding tert-OH is 1. The third-order valence-corrected chi connectivity index (χ3v) is 5.52. The number of aliphatic hydroxyl groups is 1. The summed E-state index contributed by atoms with van der Waals surface area (Å²) in [5.74, 6) is -0.281. The van der Waals surface area contributed by atoms with Gasteiger partial charge in [0.15, 0.2) is 0 Å². The van der Waals surface area contributed by atoms with E-state index in [-0.39, 0.29) is 17.8 Å². The molecule has 2 aromatic rings. The lowest BCUT2D eigenvalue weighted by molar-refractivity contribution is 0.0557. The largest absolute Gasteiger partial charge is 0.392 e. The molecule has 0 spiro atoms. The van der Waals surface area contributed by atoms with Crippen molar-refractivity contribution >= 4 is 27.3 Å². The quantitative estimate of drug-likeness (QED) is 0.936. The second-order valence-corrected chi connectivity index (χ2v) is 7.16. The molecule has 1 aromatic carbocycles. The predicted molar refractivity (Wildman–Crippen MR) is 90.5 cm³/mol. The fraction of sp³-hybridized carbons (Fsp3) is 0.471. The van der Waals surface area contributed by atoms with Gasteiger partial charge in [0, 0.05) is 42.8 Å². The highest BCUT2D eigenvalue weighted by molar-refractivity contribution is 7.21. The smallest absolute Gasteiger partial charge is 0.264 e. The number of hydrogen-bond acceptors (Lipinski definition) is 4. The molecule has 1 aliphatic rings. The Morgan fingerprint density at radius 2 is 2.04 bits per heavy atom. The average Bonchev–Trinajstić information content (AvgIpc) is 2.85. The van der Waals surface area contributed by atoms with Gasteiger partial charge in [0.25, 0.3) is 5.91 Å². The first-order chi connectivity index (χ1) is 11.0. The number of benzene rings is 1. The molecule has 0 bridgehead atoms. The van der Waals surface area contributed by atoms with Gasteiger partial charge in [-0.05, 0) is 31.5 Å². The number of rotatable bonds is 3. The number of carbonyl (C=O) groups is 1. The lowest BCUT2D eigenvalue weighted by Crippen LogP contribution is -2.50.